The quantitative estimate of drug-likeness (QED) is 0.758. The number of hydrogen-bond donors (Lipinski definition) is 1. The second-order valence-electron chi connectivity index (χ2n) is 8.92. The molecule has 162 valence electrons. The number of carbonyl (C=O) groups excluding carboxylic acids is 1. The number of rotatable bonds is 6. The Kier molecular flexibility index (Phi) is 7.47. The molecule has 1 aromatic rings. The summed E-state index contributed by atoms with van der Waals surface area (Å²) in [5.41, 5.74) is 2.03. The minimum atomic E-state index is -0.539. The molecule has 1 N–H and O–H groups in total. The molecule has 2 fully saturated rings. The lowest BCUT2D eigenvalue weighted by Crippen LogP contribution is -2.62. The first-order valence-corrected chi connectivity index (χ1v) is 11.3. The van der Waals surface area contributed by atoms with Crippen LogP contribution in [0.15, 0.2) is 12.1 Å². The van der Waals surface area contributed by atoms with Crippen molar-refractivity contribution in [3.05, 3.63) is 28.3 Å². The molecule has 1 aliphatic carbocycles. The molecule has 1 atom stereocenters. The molecule has 1 saturated heterocycles. The van der Waals surface area contributed by atoms with E-state index in [0.29, 0.717) is 12.3 Å². The van der Waals surface area contributed by atoms with Crippen molar-refractivity contribution in [3.8, 4) is 5.75 Å². The number of amides is 1. The van der Waals surface area contributed by atoms with Crippen molar-refractivity contribution in [2.75, 3.05) is 39.8 Å². The zero-order valence-corrected chi connectivity index (χ0v) is 19.1. The van der Waals surface area contributed by atoms with Gasteiger partial charge in [-0.25, -0.2) is 0 Å². The Labute approximate surface area is 180 Å². The van der Waals surface area contributed by atoms with Crippen LogP contribution in [0.3, 0.4) is 0 Å². The zero-order chi connectivity index (χ0) is 21.0. The van der Waals surface area contributed by atoms with E-state index in [9.17, 15) is 4.79 Å². The van der Waals surface area contributed by atoms with Crippen LogP contribution in [0.5, 0.6) is 5.75 Å². The molecule has 2 aliphatic rings. The third-order valence-electron chi connectivity index (χ3n) is 6.64. The van der Waals surface area contributed by atoms with Crippen molar-refractivity contribution in [1.82, 2.24) is 15.1 Å². The van der Waals surface area contributed by atoms with Crippen molar-refractivity contribution in [2.24, 2.45) is 0 Å². The number of ether oxygens (including phenoxy) is 1. The molecule has 1 aromatic carbocycles. The fraction of sp³-hybridized carbons (Fsp3) is 0.696. The monoisotopic (exact) mass is 421 g/mol. The number of halogens is 1. The molecule has 29 heavy (non-hydrogen) atoms. The summed E-state index contributed by atoms with van der Waals surface area (Å²) in [6.45, 7) is 10.8. The molecular weight excluding hydrogens is 386 g/mol. The highest BCUT2D eigenvalue weighted by Crippen LogP contribution is 2.34. The van der Waals surface area contributed by atoms with Gasteiger partial charge in [0.2, 0.25) is 0 Å². The number of likely N-dealkylation sites (N-methyl/N-ethyl adjacent to an activating group) is 1. The SMILES string of the molecule is Cc1cc(OC(C)C(=O)NCC2(N3CCN(C)CC3)CCCCC2)cc(C)c1Cl. The molecule has 1 amide bonds. The Bertz CT molecular complexity index is 687. The van der Waals surface area contributed by atoms with Crippen LogP contribution in [0.25, 0.3) is 0 Å². The van der Waals surface area contributed by atoms with Crippen LogP contribution in [0, 0.1) is 13.8 Å². The van der Waals surface area contributed by atoms with E-state index in [4.69, 9.17) is 16.3 Å². The summed E-state index contributed by atoms with van der Waals surface area (Å²) in [6.07, 6.45) is 5.60. The molecule has 1 saturated carbocycles. The summed E-state index contributed by atoms with van der Waals surface area (Å²) in [5.74, 6) is 0.646. The molecule has 1 aliphatic heterocycles. The molecule has 0 radical (unpaired) electrons. The molecule has 0 bridgehead atoms. The van der Waals surface area contributed by atoms with E-state index in [1.165, 1.54) is 32.1 Å². The van der Waals surface area contributed by atoms with Crippen LogP contribution in [-0.2, 0) is 4.79 Å². The smallest absolute Gasteiger partial charge is 0.260 e. The van der Waals surface area contributed by atoms with Crippen molar-refractivity contribution in [3.63, 3.8) is 0 Å². The Morgan fingerprint density at radius 2 is 1.72 bits per heavy atom. The lowest BCUT2D eigenvalue weighted by atomic mass is 9.79. The number of piperazine rings is 1. The molecule has 0 spiro atoms. The van der Waals surface area contributed by atoms with Gasteiger partial charge in [0, 0.05) is 43.3 Å². The van der Waals surface area contributed by atoms with Crippen molar-refractivity contribution in [1.29, 1.82) is 0 Å². The first-order valence-electron chi connectivity index (χ1n) is 11.0. The van der Waals surface area contributed by atoms with Gasteiger partial charge in [-0.1, -0.05) is 30.9 Å². The number of hydrogen-bond acceptors (Lipinski definition) is 4. The van der Waals surface area contributed by atoms with E-state index in [1.54, 1.807) is 0 Å². The maximum atomic E-state index is 12.8. The minimum Gasteiger partial charge on any atom is -0.481 e. The van der Waals surface area contributed by atoms with Crippen LogP contribution in [0.2, 0.25) is 5.02 Å². The van der Waals surface area contributed by atoms with Crippen LogP contribution < -0.4 is 10.1 Å². The highest BCUT2D eigenvalue weighted by atomic mass is 35.5. The zero-order valence-electron chi connectivity index (χ0n) is 18.4. The van der Waals surface area contributed by atoms with Gasteiger partial charge in [-0.15, -0.1) is 0 Å². The topological polar surface area (TPSA) is 44.8 Å². The van der Waals surface area contributed by atoms with Gasteiger partial charge in [0.1, 0.15) is 5.75 Å². The van der Waals surface area contributed by atoms with Crippen LogP contribution >= 0.6 is 11.6 Å². The van der Waals surface area contributed by atoms with Gasteiger partial charge >= 0.3 is 0 Å². The average molecular weight is 422 g/mol. The predicted molar refractivity (Wildman–Crippen MR) is 119 cm³/mol. The van der Waals surface area contributed by atoms with Gasteiger partial charge in [-0.05, 0) is 63.9 Å². The lowest BCUT2D eigenvalue weighted by molar-refractivity contribution is -0.128. The van der Waals surface area contributed by atoms with Gasteiger partial charge in [-0.2, -0.15) is 0 Å². The number of nitrogens with zero attached hydrogens (tertiary/aromatic N) is 2. The van der Waals surface area contributed by atoms with Gasteiger partial charge in [-0.3, -0.25) is 9.69 Å². The van der Waals surface area contributed by atoms with Crippen molar-refractivity contribution < 1.29 is 9.53 Å². The van der Waals surface area contributed by atoms with Gasteiger partial charge in [0.05, 0.1) is 0 Å². The Balaban J connectivity index is 1.61. The van der Waals surface area contributed by atoms with E-state index >= 15 is 0 Å². The largest absolute Gasteiger partial charge is 0.481 e. The maximum absolute atomic E-state index is 12.8. The molecule has 1 heterocycles. The fourth-order valence-electron chi connectivity index (χ4n) is 4.72. The first-order chi connectivity index (χ1) is 13.8. The number of nitrogens with one attached hydrogen (secondary N) is 1. The summed E-state index contributed by atoms with van der Waals surface area (Å²) >= 11 is 6.24. The van der Waals surface area contributed by atoms with Crippen LogP contribution in [-0.4, -0.2) is 67.1 Å². The van der Waals surface area contributed by atoms with E-state index in [0.717, 1.165) is 42.3 Å². The molecule has 5 nitrogen and oxygen atoms in total. The maximum Gasteiger partial charge on any atom is 0.260 e. The van der Waals surface area contributed by atoms with Crippen LogP contribution in [0.4, 0.5) is 0 Å². The Morgan fingerprint density at radius 1 is 1.14 bits per heavy atom. The highest BCUT2D eigenvalue weighted by molar-refractivity contribution is 6.32. The third kappa shape index (κ3) is 5.44. The third-order valence-corrected chi connectivity index (χ3v) is 7.24. The fourth-order valence-corrected chi connectivity index (χ4v) is 4.83. The van der Waals surface area contributed by atoms with Gasteiger partial charge < -0.3 is 15.0 Å². The summed E-state index contributed by atoms with van der Waals surface area (Å²) < 4.78 is 5.93. The van der Waals surface area contributed by atoms with E-state index in [1.807, 2.05) is 32.9 Å². The summed E-state index contributed by atoms with van der Waals surface area (Å²) in [6, 6.07) is 3.79. The summed E-state index contributed by atoms with van der Waals surface area (Å²) in [4.78, 5) is 17.8. The van der Waals surface area contributed by atoms with Gasteiger partial charge in [0.25, 0.3) is 5.91 Å². The normalized spacial score (nSPS) is 21.6. The van der Waals surface area contributed by atoms with Crippen LogP contribution in [0.1, 0.15) is 50.2 Å². The number of aryl methyl sites for hydroxylation is 2. The van der Waals surface area contributed by atoms with E-state index in [2.05, 4.69) is 22.2 Å². The average Bonchev–Trinajstić information content (AvgIpc) is 2.71. The lowest BCUT2D eigenvalue weighted by Gasteiger charge is -2.49. The standard InChI is InChI=1S/C23H36ClN3O2/c1-17-14-20(15-18(2)21(17)24)29-19(3)22(28)25-16-23(8-6-5-7-9-23)27-12-10-26(4)11-13-27/h14-15,19H,5-13,16H2,1-4H3,(H,25,28). The van der Waals surface area contributed by atoms with E-state index < -0.39 is 6.10 Å². The summed E-state index contributed by atoms with van der Waals surface area (Å²) in [5, 5.41) is 3.97. The molecule has 6 heteroatoms. The predicted octanol–water partition coefficient (Wildman–Crippen LogP) is 3.79. The van der Waals surface area contributed by atoms with E-state index in [-0.39, 0.29) is 11.4 Å². The second kappa shape index (κ2) is 9.67. The molecular formula is C23H36ClN3O2. The number of benzene rings is 1. The van der Waals surface area contributed by atoms with Crippen molar-refractivity contribution in [2.45, 2.75) is 64.5 Å². The molecule has 1 unspecified atom stereocenters. The van der Waals surface area contributed by atoms with Crippen molar-refractivity contribution >= 4 is 17.5 Å². The number of carbonyl (C=O) groups is 1. The highest BCUT2D eigenvalue weighted by Gasteiger charge is 2.39. The van der Waals surface area contributed by atoms with Gasteiger partial charge in [0.15, 0.2) is 6.10 Å². The first kappa shape index (κ1) is 22.4. The minimum absolute atomic E-state index is 0.0469. The Hall–Kier alpha value is -1.30. The Morgan fingerprint density at radius 3 is 2.31 bits per heavy atom. The molecule has 3 rings (SSSR count). The molecule has 0 aromatic heterocycles. The summed E-state index contributed by atoms with van der Waals surface area (Å²) in [7, 11) is 2.19. The second-order valence-corrected chi connectivity index (χ2v) is 9.30.